The molecule has 1 aliphatic heterocycles. The number of rotatable bonds is 15. The number of morpholine rings is 1. The van der Waals surface area contributed by atoms with E-state index >= 15 is 0 Å². The van der Waals surface area contributed by atoms with E-state index in [9.17, 15) is 0 Å². The van der Waals surface area contributed by atoms with Crippen molar-refractivity contribution in [3.63, 3.8) is 0 Å². The van der Waals surface area contributed by atoms with Crippen LogP contribution in [0.25, 0.3) is 11.1 Å². The number of nitrogens with one attached hydrogen (secondary N) is 1. The van der Waals surface area contributed by atoms with Gasteiger partial charge in [0, 0.05) is 43.5 Å². The van der Waals surface area contributed by atoms with Crippen molar-refractivity contribution >= 4 is 23.2 Å². The van der Waals surface area contributed by atoms with Gasteiger partial charge in [-0.1, -0.05) is 17.7 Å². The molecule has 4 heterocycles. The molecule has 0 bridgehead atoms. The Morgan fingerprint density at radius 1 is 1.00 bits per heavy atom. The van der Waals surface area contributed by atoms with Crippen molar-refractivity contribution in [2.45, 2.75) is 83.7 Å². The minimum Gasteiger partial charge on any atom is -0.487 e. The number of nitrogens with zero attached hydrogens (tertiary/aromatic N) is 8. The summed E-state index contributed by atoms with van der Waals surface area (Å²) in [7, 11) is 0. The van der Waals surface area contributed by atoms with E-state index in [0.29, 0.717) is 54.4 Å². The fraction of sp³-hybridized carbons (Fsp3) is 0.559. The van der Waals surface area contributed by atoms with E-state index in [2.05, 4.69) is 34.9 Å². The molecule has 1 saturated carbocycles. The lowest BCUT2D eigenvalue weighted by Gasteiger charge is -2.38. The third-order valence-electron chi connectivity index (χ3n) is 8.68. The Morgan fingerprint density at radius 2 is 1.77 bits per heavy atom. The van der Waals surface area contributed by atoms with Crippen LogP contribution in [0.4, 0.5) is 11.6 Å². The van der Waals surface area contributed by atoms with Crippen molar-refractivity contribution in [2.24, 2.45) is 0 Å². The second kappa shape index (κ2) is 16.6. The summed E-state index contributed by atoms with van der Waals surface area (Å²) in [5.41, 5.74) is 2.47. The van der Waals surface area contributed by atoms with Crippen molar-refractivity contribution in [2.75, 3.05) is 44.8 Å². The zero-order valence-electron chi connectivity index (χ0n) is 28.0. The summed E-state index contributed by atoms with van der Waals surface area (Å²) in [6, 6.07) is 6.58. The molecule has 1 N–H and O–H groups in total. The Morgan fingerprint density at radius 3 is 2.50 bits per heavy atom. The summed E-state index contributed by atoms with van der Waals surface area (Å²) < 4.78 is 27.3. The highest BCUT2D eigenvalue weighted by Gasteiger charge is 2.29. The lowest BCUT2D eigenvalue weighted by molar-refractivity contribution is 0.00502. The monoisotopic (exact) mass is 679 g/mol. The van der Waals surface area contributed by atoms with E-state index < -0.39 is 0 Å². The first-order valence-electron chi connectivity index (χ1n) is 16.9. The van der Waals surface area contributed by atoms with Crippen LogP contribution >= 0.6 is 11.6 Å². The van der Waals surface area contributed by atoms with E-state index in [4.69, 9.17) is 35.6 Å². The van der Waals surface area contributed by atoms with Crippen LogP contribution in [0.15, 0.2) is 49.4 Å². The molecule has 0 amide bonds. The topological polar surface area (TPSA) is 127 Å². The predicted molar refractivity (Wildman–Crippen MR) is 183 cm³/mol. The van der Waals surface area contributed by atoms with E-state index in [-0.39, 0.29) is 12.2 Å². The van der Waals surface area contributed by atoms with Crippen molar-refractivity contribution < 1.29 is 18.9 Å². The minimum atomic E-state index is -0.165. The predicted octanol–water partition coefficient (Wildman–Crippen LogP) is 5.81. The van der Waals surface area contributed by atoms with Crippen LogP contribution in [-0.2, 0) is 16.0 Å². The second-order valence-electron chi connectivity index (χ2n) is 12.7. The largest absolute Gasteiger partial charge is 0.487 e. The molecule has 2 aliphatic rings. The smallest absolute Gasteiger partial charge is 0.256 e. The van der Waals surface area contributed by atoms with Gasteiger partial charge in [0.2, 0.25) is 5.95 Å². The highest BCUT2D eigenvalue weighted by atomic mass is 35.5. The molecule has 3 aromatic heterocycles. The minimum absolute atomic E-state index is 0.165. The van der Waals surface area contributed by atoms with Gasteiger partial charge in [-0.3, -0.25) is 9.58 Å². The second-order valence-corrected chi connectivity index (χ2v) is 13.1. The Hall–Kier alpha value is -3.78. The van der Waals surface area contributed by atoms with Crippen molar-refractivity contribution in [3.8, 4) is 22.8 Å². The lowest BCUT2D eigenvalue weighted by Crippen LogP contribution is -2.45. The average Bonchev–Trinajstić information content (AvgIpc) is 3.76. The zero-order valence-corrected chi connectivity index (χ0v) is 28.8. The Labute approximate surface area is 286 Å². The number of halogens is 1. The Bertz CT molecular complexity index is 1550. The van der Waals surface area contributed by atoms with Crippen molar-refractivity contribution in [1.82, 2.24) is 39.4 Å². The van der Waals surface area contributed by atoms with Crippen molar-refractivity contribution in [3.05, 3.63) is 54.5 Å². The maximum Gasteiger partial charge on any atom is 0.256 e. The standard InChI is InChI=1S/C34H46ClN9O4/c1-24(2)46-13-4-14-47-33-31(21-44(41-33)29-8-6-28(7-9-29)42-11-15-45-16-12-42)40-34-37-18-27(19-38-34)26-5-10-30(35)32(17-26)48-25(3)20-43-23-36-22-39-43/h5,10,17-19,21-25,28-29H,4,6-9,11-16,20H2,1-3H3,(H,37,38,40)/t25-,28-,29-/m0/s1. The summed E-state index contributed by atoms with van der Waals surface area (Å²) in [6.07, 6.45) is 14.0. The number of hydrogen-bond acceptors (Lipinski definition) is 11. The molecule has 2 fully saturated rings. The zero-order chi connectivity index (χ0) is 33.3. The van der Waals surface area contributed by atoms with Crippen LogP contribution in [0.3, 0.4) is 0 Å². The van der Waals surface area contributed by atoms with Gasteiger partial charge >= 0.3 is 0 Å². The molecule has 0 radical (unpaired) electrons. The highest BCUT2D eigenvalue weighted by Crippen LogP contribution is 2.35. The lowest BCUT2D eigenvalue weighted by atomic mass is 9.90. The Balaban J connectivity index is 1.11. The van der Waals surface area contributed by atoms with Gasteiger partial charge in [-0.15, -0.1) is 5.10 Å². The summed E-state index contributed by atoms with van der Waals surface area (Å²) in [5, 5.41) is 12.9. The molecular formula is C34H46ClN9O4. The van der Waals surface area contributed by atoms with E-state index in [1.807, 2.05) is 45.2 Å². The summed E-state index contributed by atoms with van der Waals surface area (Å²) in [6.45, 7) is 11.4. The third-order valence-corrected chi connectivity index (χ3v) is 8.99. The number of benzene rings is 1. The maximum absolute atomic E-state index is 6.47. The van der Waals surface area contributed by atoms with Crippen LogP contribution in [0.1, 0.15) is 58.9 Å². The van der Waals surface area contributed by atoms with E-state index in [0.717, 1.165) is 75.2 Å². The van der Waals surface area contributed by atoms with E-state index in [1.54, 1.807) is 23.4 Å². The molecule has 0 unspecified atom stereocenters. The number of ether oxygens (including phenoxy) is 4. The summed E-state index contributed by atoms with van der Waals surface area (Å²) in [4.78, 5) is 15.8. The fourth-order valence-electron chi connectivity index (χ4n) is 6.21. The molecule has 4 aromatic rings. The van der Waals surface area contributed by atoms with Crippen LogP contribution in [0, 0.1) is 0 Å². The van der Waals surface area contributed by atoms with Gasteiger partial charge in [0.15, 0.2) is 0 Å². The molecular weight excluding hydrogens is 634 g/mol. The Kier molecular flexibility index (Phi) is 11.8. The summed E-state index contributed by atoms with van der Waals surface area (Å²) in [5.74, 6) is 1.58. The van der Waals surface area contributed by atoms with Crippen molar-refractivity contribution in [1.29, 1.82) is 0 Å². The molecule has 1 aromatic carbocycles. The molecule has 6 rings (SSSR count). The number of hydrogen-bond donors (Lipinski definition) is 1. The van der Waals surface area contributed by atoms with Crippen LogP contribution < -0.4 is 14.8 Å². The quantitative estimate of drug-likeness (QED) is 0.153. The molecule has 258 valence electrons. The van der Waals surface area contributed by atoms with Gasteiger partial charge in [-0.25, -0.2) is 19.6 Å². The first kappa shape index (κ1) is 34.1. The molecule has 1 aliphatic carbocycles. The average molecular weight is 680 g/mol. The molecule has 1 atom stereocenters. The molecule has 13 nitrogen and oxygen atoms in total. The van der Waals surface area contributed by atoms with Crippen LogP contribution in [0.5, 0.6) is 11.6 Å². The normalized spacial score (nSPS) is 19.4. The van der Waals surface area contributed by atoms with Crippen LogP contribution in [-0.4, -0.2) is 97.2 Å². The first-order chi connectivity index (χ1) is 23.4. The van der Waals surface area contributed by atoms with Gasteiger partial charge in [-0.05, 0) is 64.2 Å². The highest BCUT2D eigenvalue weighted by molar-refractivity contribution is 6.32. The van der Waals surface area contributed by atoms with Gasteiger partial charge in [0.05, 0.1) is 56.3 Å². The maximum atomic E-state index is 6.47. The van der Waals surface area contributed by atoms with Gasteiger partial charge in [-0.2, -0.15) is 5.10 Å². The third kappa shape index (κ3) is 9.22. The summed E-state index contributed by atoms with van der Waals surface area (Å²) >= 11 is 6.47. The first-order valence-corrected chi connectivity index (χ1v) is 17.3. The molecule has 14 heteroatoms. The van der Waals surface area contributed by atoms with E-state index in [1.165, 1.54) is 6.33 Å². The molecule has 48 heavy (non-hydrogen) atoms. The molecule has 1 saturated heterocycles. The molecule has 0 spiro atoms. The van der Waals surface area contributed by atoms with Gasteiger partial charge < -0.3 is 24.3 Å². The van der Waals surface area contributed by atoms with Crippen LogP contribution in [0.2, 0.25) is 5.02 Å². The number of aromatic nitrogens is 7. The fourth-order valence-corrected chi connectivity index (χ4v) is 6.37. The van der Waals surface area contributed by atoms with Gasteiger partial charge in [0.1, 0.15) is 30.2 Å². The SMILES string of the molecule is CC(C)OCCCOc1nn([C@H]2CC[C@H](N3CCOCC3)CC2)cc1Nc1ncc(-c2ccc(Cl)c(O[C@@H](C)Cn3cncn3)c2)cn1. The van der Waals surface area contributed by atoms with Gasteiger partial charge in [0.25, 0.3) is 5.88 Å². The number of anilines is 2.